The maximum Gasteiger partial charge on any atom is 0.269 e. The van der Waals surface area contributed by atoms with Gasteiger partial charge in [0.05, 0.1) is 11.0 Å². The summed E-state index contributed by atoms with van der Waals surface area (Å²) in [5, 5.41) is 14.6. The maximum atomic E-state index is 10.9. The lowest BCUT2D eigenvalue weighted by atomic mass is 9.76. The number of aryl methyl sites for hydroxylation is 1. The van der Waals surface area contributed by atoms with Crippen molar-refractivity contribution in [2.45, 2.75) is 25.3 Å². The van der Waals surface area contributed by atoms with Gasteiger partial charge in [0, 0.05) is 23.7 Å². The summed E-state index contributed by atoms with van der Waals surface area (Å²) in [7, 11) is 0. The molecule has 0 radical (unpaired) electrons. The molecule has 23 heavy (non-hydrogen) atoms. The van der Waals surface area contributed by atoms with Crippen LogP contribution in [0.3, 0.4) is 0 Å². The summed E-state index contributed by atoms with van der Waals surface area (Å²) in [6.45, 7) is 2.12. The van der Waals surface area contributed by atoms with E-state index in [0.717, 1.165) is 12.0 Å². The molecule has 2 aliphatic rings. The molecular formula is C19H18N2O2. The second-order valence-corrected chi connectivity index (χ2v) is 6.36. The Kier molecular flexibility index (Phi) is 3.18. The van der Waals surface area contributed by atoms with Gasteiger partial charge in [-0.3, -0.25) is 10.1 Å². The van der Waals surface area contributed by atoms with Crippen LogP contribution in [0.2, 0.25) is 0 Å². The molecular weight excluding hydrogens is 288 g/mol. The van der Waals surface area contributed by atoms with Crippen molar-refractivity contribution >= 4 is 11.4 Å². The summed E-state index contributed by atoms with van der Waals surface area (Å²) in [5.74, 6) is 0.886. The highest BCUT2D eigenvalue weighted by molar-refractivity contribution is 5.64. The molecule has 0 aromatic heterocycles. The van der Waals surface area contributed by atoms with Crippen LogP contribution in [0, 0.1) is 23.0 Å². The first-order valence-electron chi connectivity index (χ1n) is 7.92. The number of hydrogen-bond acceptors (Lipinski definition) is 3. The molecule has 0 saturated heterocycles. The lowest BCUT2D eigenvalue weighted by Crippen LogP contribution is -2.29. The van der Waals surface area contributed by atoms with E-state index in [1.165, 1.54) is 16.8 Å². The van der Waals surface area contributed by atoms with E-state index in [-0.39, 0.29) is 16.7 Å². The van der Waals surface area contributed by atoms with E-state index >= 15 is 0 Å². The third-order valence-corrected chi connectivity index (χ3v) is 5.07. The number of nitro groups is 1. The van der Waals surface area contributed by atoms with Gasteiger partial charge in [-0.2, -0.15) is 0 Å². The summed E-state index contributed by atoms with van der Waals surface area (Å²) in [5.41, 5.74) is 5.07. The number of nitro benzene ring substituents is 1. The lowest BCUT2D eigenvalue weighted by molar-refractivity contribution is -0.384. The lowest BCUT2D eigenvalue weighted by Gasteiger charge is -2.38. The van der Waals surface area contributed by atoms with E-state index in [2.05, 4.69) is 42.6 Å². The fourth-order valence-corrected chi connectivity index (χ4v) is 3.91. The van der Waals surface area contributed by atoms with Crippen LogP contribution in [-0.4, -0.2) is 4.92 Å². The predicted octanol–water partition coefficient (Wildman–Crippen LogP) is 4.73. The topological polar surface area (TPSA) is 55.2 Å². The molecule has 2 aromatic rings. The Morgan fingerprint density at radius 3 is 2.70 bits per heavy atom. The van der Waals surface area contributed by atoms with Crippen molar-refractivity contribution in [3.05, 3.63) is 81.4 Å². The second-order valence-electron chi connectivity index (χ2n) is 6.36. The standard InChI is InChI=1S/C19H18N2O2/c1-12-4-2-6-16-15-5-3-7-17(15)19(20-18(12)16)13-8-10-14(11-9-13)21(22)23/h2-6,8-11,15,17,19-20H,7H2,1H3/t15-,17+,19+/m1/s1. The number of rotatable bonds is 2. The summed E-state index contributed by atoms with van der Waals surface area (Å²) in [4.78, 5) is 10.5. The van der Waals surface area contributed by atoms with Crippen LogP contribution in [0.5, 0.6) is 0 Å². The Balaban J connectivity index is 1.75. The van der Waals surface area contributed by atoms with Crippen molar-refractivity contribution in [1.29, 1.82) is 0 Å². The molecule has 0 spiro atoms. The van der Waals surface area contributed by atoms with Crippen LogP contribution < -0.4 is 5.32 Å². The van der Waals surface area contributed by atoms with Gasteiger partial charge >= 0.3 is 0 Å². The molecule has 1 N–H and O–H groups in total. The number of allylic oxidation sites excluding steroid dienone is 2. The Labute approximate surface area is 135 Å². The summed E-state index contributed by atoms with van der Waals surface area (Å²) < 4.78 is 0. The molecule has 0 saturated carbocycles. The Hall–Kier alpha value is -2.62. The van der Waals surface area contributed by atoms with Gasteiger partial charge in [-0.1, -0.05) is 42.5 Å². The molecule has 3 atom stereocenters. The van der Waals surface area contributed by atoms with Gasteiger partial charge in [-0.15, -0.1) is 0 Å². The normalized spacial score (nSPS) is 24.7. The molecule has 0 bridgehead atoms. The number of hydrogen-bond donors (Lipinski definition) is 1. The van der Waals surface area contributed by atoms with Gasteiger partial charge in [-0.25, -0.2) is 0 Å². The molecule has 4 heteroatoms. The monoisotopic (exact) mass is 306 g/mol. The quantitative estimate of drug-likeness (QED) is 0.496. The second kappa shape index (κ2) is 5.23. The first kappa shape index (κ1) is 14.0. The molecule has 4 nitrogen and oxygen atoms in total. The molecule has 0 unspecified atom stereocenters. The molecule has 4 rings (SSSR count). The minimum atomic E-state index is -0.350. The molecule has 0 amide bonds. The van der Waals surface area contributed by atoms with E-state index in [1.807, 2.05) is 12.1 Å². The van der Waals surface area contributed by atoms with Crippen molar-refractivity contribution in [3.8, 4) is 0 Å². The number of nitrogens with one attached hydrogen (secondary N) is 1. The summed E-state index contributed by atoms with van der Waals surface area (Å²) in [6.07, 6.45) is 5.60. The largest absolute Gasteiger partial charge is 0.377 e. The van der Waals surface area contributed by atoms with E-state index in [0.29, 0.717) is 11.8 Å². The smallest absolute Gasteiger partial charge is 0.269 e. The minimum absolute atomic E-state index is 0.141. The van der Waals surface area contributed by atoms with Crippen LogP contribution in [0.15, 0.2) is 54.6 Å². The van der Waals surface area contributed by atoms with Gasteiger partial charge in [0.25, 0.3) is 5.69 Å². The Bertz CT molecular complexity index is 796. The van der Waals surface area contributed by atoms with Crippen LogP contribution in [0.1, 0.15) is 35.1 Å². The summed E-state index contributed by atoms with van der Waals surface area (Å²) >= 11 is 0. The van der Waals surface area contributed by atoms with Gasteiger partial charge in [-0.05, 0) is 36.0 Å². The molecule has 1 heterocycles. The Morgan fingerprint density at radius 2 is 1.96 bits per heavy atom. The number of anilines is 1. The van der Waals surface area contributed by atoms with Gasteiger partial charge in [0.2, 0.25) is 0 Å². The van der Waals surface area contributed by atoms with Crippen molar-refractivity contribution in [2.75, 3.05) is 5.32 Å². The van der Waals surface area contributed by atoms with Crippen LogP contribution >= 0.6 is 0 Å². The van der Waals surface area contributed by atoms with E-state index in [4.69, 9.17) is 0 Å². The zero-order valence-corrected chi connectivity index (χ0v) is 12.9. The average Bonchev–Trinajstić information content (AvgIpc) is 3.04. The number of non-ortho nitro benzene ring substituents is 1. The predicted molar refractivity (Wildman–Crippen MR) is 90.6 cm³/mol. The number of benzene rings is 2. The number of para-hydroxylation sites is 1. The molecule has 2 aromatic carbocycles. The zero-order valence-electron chi connectivity index (χ0n) is 12.9. The number of nitrogens with zero attached hydrogens (tertiary/aromatic N) is 1. The van der Waals surface area contributed by atoms with Gasteiger partial charge in [0.15, 0.2) is 0 Å². The van der Waals surface area contributed by atoms with Crippen molar-refractivity contribution < 1.29 is 4.92 Å². The third-order valence-electron chi connectivity index (χ3n) is 5.07. The SMILES string of the molecule is Cc1cccc2c1N[C@@H](c1ccc([N+](=O)[O-])cc1)[C@H]1CC=C[C@H]21. The summed E-state index contributed by atoms with van der Waals surface area (Å²) in [6, 6.07) is 13.6. The number of fused-ring (bicyclic) bond motifs is 3. The zero-order chi connectivity index (χ0) is 16.0. The van der Waals surface area contributed by atoms with E-state index in [1.54, 1.807) is 12.1 Å². The fourth-order valence-electron chi connectivity index (χ4n) is 3.91. The first-order chi connectivity index (χ1) is 11.1. The maximum absolute atomic E-state index is 10.9. The van der Waals surface area contributed by atoms with Crippen LogP contribution in [0.4, 0.5) is 11.4 Å². The van der Waals surface area contributed by atoms with E-state index < -0.39 is 0 Å². The molecule has 116 valence electrons. The highest BCUT2D eigenvalue weighted by Gasteiger charge is 2.38. The van der Waals surface area contributed by atoms with Crippen molar-refractivity contribution in [1.82, 2.24) is 0 Å². The van der Waals surface area contributed by atoms with Crippen molar-refractivity contribution in [2.24, 2.45) is 5.92 Å². The minimum Gasteiger partial charge on any atom is -0.377 e. The van der Waals surface area contributed by atoms with Crippen molar-refractivity contribution in [3.63, 3.8) is 0 Å². The fraction of sp³-hybridized carbons (Fsp3) is 0.263. The first-order valence-corrected chi connectivity index (χ1v) is 7.92. The van der Waals surface area contributed by atoms with Crippen LogP contribution in [0.25, 0.3) is 0 Å². The van der Waals surface area contributed by atoms with Crippen LogP contribution in [-0.2, 0) is 0 Å². The average molecular weight is 306 g/mol. The van der Waals surface area contributed by atoms with Gasteiger partial charge < -0.3 is 5.32 Å². The highest BCUT2D eigenvalue weighted by Crippen LogP contribution is 2.50. The molecule has 1 aliphatic heterocycles. The molecule has 0 fully saturated rings. The highest BCUT2D eigenvalue weighted by atomic mass is 16.6. The van der Waals surface area contributed by atoms with Gasteiger partial charge in [0.1, 0.15) is 0 Å². The Morgan fingerprint density at radius 1 is 1.17 bits per heavy atom. The van der Waals surface area contributed by atoms with E-state index in [9.17, 15) is 10.1 Å². The molecule has 1 aliphatic carbocycles. The third kappa shape index (κ3) is 2.22.